The fraction of sp³-hybridized carbons (Fsp3) is 0.222. The Morgan fingerprint density at radius 1 is 1.43 bits per heavy atom. The smallest absolute Gasteiger partial charge is 0.118 e. The predicted octanol–water partition coefficient (Wildman–Crippen LogP) is 0.416. The second-order valence-electron chi connectivity index (χ2n) is 2.91. The van der Waals surface area contributed by atoms with Crippen LogP contribution in [-0.4, -0.2) is 5.97 Å². The number of carboxylic acids is 1. The lowest BCUT2D eigenvalue weighted by Gasteiger charge is -2.12. The van der Waals surface area contributed by atoms with E-state index in [1.165, 1.54) is 0 Å². The largest absolute Gasteiger partial charge is 0.550 e. The molecule has 76 valence electrons. The maximum atomic E-state index is 10.4. The first-order valence-corrected chi connectivity index (χ1v) is 4.74. The lowest BCUT2D eigenvalue weighted by atomic mass is 10.0. The van der Waals surface area contributed by atoms with E-state index in [4.69, 9.17) is 23.2 Å². The molecule has 0 aromatic heterocycles. The summed E-state index contributed by atoms with van der Waals surface area (Å²) in [6, 6.07) is 4.51. The van der Waals surface area contributed by atoms with E-state index in [9.17, 15) is 9.90 Å². The lowest BCUT2D eigenvalue weighted by molar-refractivity contribution is -0.430. The number of rotatable bonds is 3. The third kappa shape index (κ3) is 2.61. The summed E-state index contributed by atoms with van der Waals surface area (Å²) in [5.41, 5.74) is 4.24. The molecule has 1 atom stereocenters. The molecule has 0 aliphatic carbocycles. The van der Waals surface area contributed by atoms with Gasteiger partial charge < -0.3 is 15.6 Å². The summed E-state index contributed by atoms with van der Waals surface area (Å²) in [6.07, 6.45) is -0.191. The fourth-order valence-electron chi connectivity index (χ4n) is 1.20. The monoisotopic (exact) mass is 233 g/mol. The average molecular weight is 234 g/mol. The van der Waals surface area contributed by atoms with E-state index >= 15 is 0 Å². The Labute approximate surface area is 91.4 Å². The van der Waals surface area contributed by atoms with E-state index < -0.39 is 12.0 Å². The topological polar surface area (TPSA) is 67.8 Å². The van der Waals surface area contributed by atoms with Gasteiger partial charge in [0.2, 0.25) is 0 Å². The van der Waals surface area contributed by atoms with Crippen LogP contribution in [0, 0.1) is 0 Å². The molecule has 3 nitrogen and oxygen atoms in total. The number of carbonyl (C=O) groups excluding carboxylic acids is 1. The first-order valence-electron chi connectivity index (χ1n) is 3.99. The van der Waals surface area contributed by atoms with Gasteiger partial charge in [-0.25, -0.2) is 0 Å². The molecule has 0 amide bonds. The van der Waals surface area contributed by atoms with Crippen molar-refractivity contribution in [1.29, 1.82) is 0 Å². The predicted molar refractivity (Wildman–Crippen MR) is 51.7 cm³/mol. The van der Waals surface area contributed by atoms with E-state index in [1.54, 1.807) is 18.2 Å². The molecule has 0 saturated carbocycles. The molecule has 1 aromatic carbocycles. The third-order valence-electron chi connectivity index (χ3n) is 1.82. The van der Waals surface area contributed by atoms with E-state index in [1.807, 2.05) is 0 Å². The molecule has 1 aromatic rings. The first-order chi connectivity index (χ1) is 6.52. The van der Waals surface area contributed by atoms with Gasteiger partial charge >= 0.3 is 0 Å². The zero-order valence-electron chi connectivity index (χ0n) is 7.30. The van der Waals surface area contributed by atoms with Crippen molar-refractivity contribution < 1.29 is 15.6 Å². The normalized spacial score (nSPS) is 12.5. The van der Waals surface area contributed by atoms with E-state index in [0.29, 0.717) is 15.6 Å². The van der Waals surface area contributed by atoms with Crippen molar-refractivity contribution in [1.82, 2.24) is 0 Å². The molecule has 3 N–H and O–H groups in total. The van der Waals surface area contributed by atoms with Crippen molar-refractivity contribution in [3.63, 3.8) is 0 Å². The highest BCUT2D eigenvalue weighted by molar-refractivity contribution is 6.36. The highest BCUT2D eigenvalue weighted by Crippen LogP contribution is 2.29. The van der Waals surface area contributed by atoms with Gasteiger partial charge in [0.05, 0.1) is 10.0 Å². The van der Waals surface area contributed by atoms with Crippen LogP contribution in [0.3, 0.4) is 0 Å². The number of aliphatic carboxylic acids is 1. The van der Waals surface area contributed by atoms with Crippen LogP contribution in [0.15, 0.2) is 18.2 Å². The van der Waals surface area contributed by atoms with Crippen molar-refractivity contribution in [2.45, 2.75) is 12.5 Å². The van der Waals surface area contributed by atoms with Crippen LogP contribution in [-0.2, 0) is 4.79 Å². The van der Waals surface area contributed by atoms with Gasteiger partial charge in [-0.05, 0) is 12.1 Å². The van der Waals surface area contributed by atoms with Crippen LogP contribution in [0.4, 0.5) is 0 Å². The van der Waals surface area contributed by atoms with E-state index in [2.05, 4.69) is 5.73 Å². The molecule has 1 rings (SSSR count). The number of halogens is 2. The summed E-state index contributed by atoms with van der Waals surface area (Å²) in [5.74, 6) is -1.17. The summed E-state index contributed by atoms with van der Waals surface area (Å²) >= 11 is 11.7. The zero-order chi connectivity index (χ0) is 10.7. The van der Waals surface area contributed by atoms with Gasteiger partial charge in [0.1, 0.15) is 6.04 Å². The lowest BCUT2D eigenvalue weighted by Crippen LogP contribution is -2.55. The highest BCUT2D eigenvalue weighted by Gasteiger charge is 2.17. The summed E-state index contributed by atoms with van der Waals surface area (Å²) in [6.45, 7) is 0. The van der Waals surface area contributed by atoms with Crippen LogP contribution < -0.4 is 10.8 Å². The Morgan fingerprint density at radius 2 is 1.93 bits per heavy atom. The molecule has 0 bridgehead atoms. The Kier molecular flexibility index (Phi) is 3.75. The number of carboxylic acid groups (broad SMARTS) is 1. The van der Waals surface area contributed by atoms with Gasteiger partial charge in [-0.1, -0.05) is 29.3 Å². The van der Waals surface area contributed by atoms with Crippen LogP contribution in [0.2, 0.25) is 10.0 Å². The molecule has 0 heterocycles. The van der Waals surface area contributed by atoms with Crippen molar-refractivity contribution in [3.05, 3.63) is 33.8 Å². The van der Waals surface area contributed by atoms with E-state index in [-0.39, 0.29) is 6.42 Å². The molecule has 0 saturated heterocycles. The maximum absolute atomic E-state index is 10.4. The maximum Gasteiger partial charge on any atom is 0.118 e. The minimum Gasteiger partial charge on any atom is -0.550 e. The molecule has 0 aliphatic rings. The molecular weight excluding hydrogens is 225 g/mol. The van der Waals surface area contributed by atoms with Crippen molar-refractivity contribution in [3.8, 4) is 0 Å². The summed E-state index contributed by atoms with van der Waals surface area (Å²) in [7, 11) is 0. The minimum absolute atomic E-state index is 0.191. The van der Waals surface area contributed by atoms with Gasteiger partial charge in [-0.2, -0.15) is 0 Å². The van der Waals surface area contributed by atoms with Crippen LogP contribution in [0.5, 0.6) is 0 Å². The van der Waals surface area contributed by atoms with Crippen LogP contribution in [0.25, 0.3) is 0 Å². The minimum atomic E-state index is -1.17. The third-order valence-corrected chi connectivity index (χ3v) is 2.48. The SMILES string of the molecule is [NH3+][C@H](CC(=O)[O-])c1c(Cl)cccc1Cl. The van der Waals surface area contributed by atoms with Crippen LogP contribution in [0.1, 0.15) is 18.0 Å². The molecule has 0 radical (unpaired) electrons. The first kappa shape index (κ1) is 11.3. The molecule has 14 heavy (non-hydrogen) atoms. The quantitative estimate of drug-likeness (QED) is 0.823. The number of carbonyl (C=O) groups is 1. The molecule has 0 fully saturated rings. The number of hydrogen-bond donors (Lipinski definition) is 1. The van der Waals surface area contributed by atoms with Gasteiger partial charge in [-0.3, -0.25) is 0 Å². The average Bonchev–Trinajstić information content (AvgIpc) is 2.01. The fourth-order valence-corrected chi connectivity index (χ4v) is 1.91. The molecule has 0 aliphatic heterocycles. The molecule has 0 spiro atoms. The van der Waals surface area contributed by atoms with Crippen molar-refractivity contribution in [2.75, 3.05) is 0 Å². The van der Waals surface area contributed by atoms with Crippen molar-refractivity contribution in [2.24, 2.45) is 0 Å². The van der Waals surface area contributed by atoms with Crippen molar-refractivity contribution >= 4 is 29.2 Å². The Morgan fingerprint density at radius 3 is 2.36 bits per heavy atom. The summed E-state index contributed by atoms with van der Waals surface area (Å²) < 4.78 is 0. The molecule has 0 unspecified atom stereocenters. The second kappa shape index (κ2) is 4.64. The van der Waals surface area contributed by atoms with Gasteiger partial charge in [0, 0.05) is 18.0 Å². The molecular formula is C9H9Cl2NO2. The van der Waals surface area contributed by atoms with Gasteiger partial charge in [0.25, 0.3) is 0 Å². The zero-order valence-corrected chi connectivity index (χ0v) is 8.81. The Bertz CT molecular complexity index is 334. The van der Waals surface area contributed by atoms with E-state index in [0.717, 1.165) is 0 Å². The van der Waals surface area contributed by atoms with Gasteiger partial charge in [-0.15, -0.1) is 0 Å². The van der Waals surface area contributed by atoms with Gasteiger partial charge in [0.15, 0.2) is 0 Å². The Hall–Kier alpha value is -0.770. The highest BCUT2D eigenvalue weighted by atomic mass is 35.5. The Balaban J connectivity index is 2.99. The number of quaternary nitrogens is 1. The number of hydrogen-bond acceptors (Lipinski definition) is 2. The summed E-state index contributed by atoms with van der Waals surface area (Å²) in [4.78, 5) is 10.4. The summed E-state index contributed by atoms with van der Waals surface area (Å²) in [5, 5.41) is 11.2. The number of benzene rings is 1. The molecule has 5 heteroatoms. The standard InChI is InChI=1S/C9H9Cl2NO2/c10-5-2-1-3-6(11)9(5)7(12)4-8(13)14/h1-3,7H,4,12H2,(H,13,14)/t7-/m1/s1. The second-order valence-corrected chi connectivity index (χ2v) is 3.72. The van der Waals surface area contributed by atoms with Crippen LogP contribution >= 0.6 is 23.2 Å².